The van der Waals surface area contributed by atoms with Crippen molar-refractivity contribution >= 4 is 5.97 Å². The van der Waals surface area contributed by atoms with Crippen LogP contribution >= 0.6 is 0 Å². The number of likely N-dealkylation sites (tertiary alicyclic amines) is 1. The molecule has 0 aromatic rings. The Hall–Kier alpha value is -0.610. The molecule has 0 bridgehead atoms. The van der Waals surface area contributed by atoms with Crippen molar-refractivity contribution in [2.24, 2.45) is 5.73 Å². The van der Waals surface area contributed by atoms with Crippen LogP contribution in [0, 0.1) is 0 Å². The molecule has 4 heteroatoms. The molecule has 1 saturated heterocycles. The minimum absolute atomic E-state index is 0.241. The summed E-state index contributed by atoms with van der Waals surface area (Å²) in [7, 11) is 2.01. The molecule has 3 N–H and O–H groups in total. The van der Waals surface area contributed by atoms with Crippen LogP contribution in [0.4, 0.5) is 0 Å². The Balaban J connectivity index is 2.79. The minimum atomic E-state index is -1.02. The summed E-state index contributed by atoms with van der Waals surface area (Å²) >= 11 is 0. The van der Waals surface area contributed by atoms with Gasteiger partial charge in [0, 0.05) is 12.1 Å². The lowest BCUT2D eigenvalue weighted by atomic mass is 9.81. The van der Waals surface area contributed by atoms with Crippen molar-refractivity contribution in [2.75, 3.05) is 7.05 Å². The molecule has 2 unspecified atom stereocenters. The van der Waals surface area contributed by atoms with Crippen LogP contribution in [0.15, 0.2) is 0 Å². The van der Waals surface area contributed by atoms with Gasteiger partial charge in [0.25, 0.3) is 0 Å². The van der Waals surface area contributed by atoms with E-state index in [9.17, 15) is 4.79 Å². The minimum Gasteiger partial charge on any atom is -0.480 e. The number of carboxylic acids is 1. The van der Waals surface area contributed by atoms with Gasteiger partial charge in [-0.1, -0.05) is 0 Å². The zero-order valence-corrected chi connectivity index (χ0v) is 8.45. The first kappa shape index (κ1) is 10.5. The number of hydrogen-bond donors (Lipinski definition) is 2. The topological polar surface area (TPSA) is 66.6 Å². The molecule has 1 aliphatic heterocycles. The zero-order chi connectivity index (χ0) is 10.2. The largest absolute Gasteiger partial charge is 0.480 e. The van der Waals surface area contributed by atoms with Crippen LogP contribution in [-0.2, 0) is 4.79 Å². The molecule has 2 atom stereocenters. The number of nitrogens with two attached hydrogens (primary N) is 1. The molecule has 0 spiro atoms. The standard InChI is InChI=1S/C9H18N2O2/c1-6-4-9(10,8(12)13)5-7(2)11(6)3/h6-7H,4-5,10H2,1-3H3,(H,12,13). The second-order valence-corrected chi connectivity index (χ2v) is 4.23. The maximum absolute atomic E-state index is 10.9. The summed E-state index contributed by atoms with van der Waals surface area (Å²) in [6.45, 7) is 4.03. The number of nitrogens with zero attached hydrogens (tertiary/aromatic N) is 1. The van der Waals surface area contributed by atoms with Crippen molar-refractivity contribution in [1.29, 1.82) is 0 Å². The van der Waals surface area contributed by atoms with Crippen LogP contribution in [0.2, 0.25) is 0 Å². The Kier molecular flexibility index (Phi) is 2.63. The van der Waals surface area contributed by atoms with Crippen molar-refractivity contribution in [1.82, 2.24) is 4.90 Å². The first-order valence-electron chi connectivity index (χ1n) is 4.61. The summed E-state index contributed by atoms with van der Waals surface area (Å²) in [6.07, 6.45) is 1.06. The molecule has 0 aromatic carbocycles. The van der Waals surface area contributed by atoms with Crippen LogP contribution in [0.5, 0.6) is 0 Å². The van der Waals surface area contributed by atoms with Crippen LogP contribution in [-0.4, -0.2) is 40.6 Å². The highest BCUT2D eigenvalue weighted by molar-refractivity contribution is 5.78. The highest BCUT2D eigenvalue weighted by Gasteiger charge is 2.42. The second kappa shape index (κ2) is 3.27. The lowest BCUT2D eigenvalue weighted by Gasteiger charge is -2.43. The van der Waals surface area contributed by atoms with E-state index < -0.39 is 11.5 Å². The maximum atomic E-state index is 10.9. The summed E-state index contributed by atoms with van der Waals surface area (Å²) in [4.78, 5) is 13.1. The van der Waals surface area contributed by atoms with Gasteiger partial charge in [0.15, 0.2) is 0 Å². The van der Waals surface area contributed by atoms with Gasteiger partial charge in [0.1, 0.15) is 5.54 Å². The van der Waals surface area contributed by atoms with Crippen molar-refractivity contribution in [2.45, 2.75) is 44.3 Å². The number of hydrogen-bond acceptors (Lipinski definition) is 3. The first-order valence-corrected chi connectivity index (χ1v) is 4.61. The molecule has 0 amide bonds. The third kappa shape index (κ3) is 1.84. The summed E-state index contributed by atoms with van der Waals surface area (Å²) in [5.41, 5.74) is 4.80. The smallest absolute Gasteiger partial charge is 0.323 e. The van der Waals surface area contributed by atoms with Crippen molar-refractivity contribution in [3.05, 3.63) is 0 Å². The van der Waals surface area contributed by atoms with Gasteiger partial charge in [-0.2, -0.15) is 0 Å². The number of rotatable bonds is 1. The van der Waals surface area contributed by atoms with E-state index in [1.807, 2.05) is 20.9 Å². The zero-order valence-electron chi connectivity index (χ0n) is 8.45. The Morgan fingerprint density at radius 2 is 1.85 bits per heavy atom. The average molecular weight is 186 g/mol. The average Bonchev–Trinajstić information content (AvgIpc) is 2.00. The Morgan fingerprint density at radius 3 is 2.15 bits per heavy atom. The monoisotopic (exact) mass is 186 g/mol. The SMILES string of the molecule is CC1CC(N)(C(=O)O)CC(C)N1C. The maximum Gasteiger partial charge on any atom is 0.323 e. The van der Waals surface area contributed by atoms with Crippen LogP contribution < -0.4 is 5.73 Å². The van der Waals surface area contributed by atoms with E-state index >= 15 is 0 Å². The molecule has 13 heavy (non-hydrogen) atoms. The lowest BCUT2D eigenvalue weighted by molar-refractivity contribution is -0.146. The molecule has 76 valence electrons. The summed E-state index contributed by atoms with van der Waals surface area (Å²) < 4.78 is 0. The molecule has 0 saturated carbocycles. The van der Waals surface area contributed by atoms with Crippen molar-refractivity contribution in [3.8, 4) is 0 Å². The fraction of sp³-hybridized carbons (Fsp3) is 0.889. The number of piperidine rings is 1. The molecule has 1 heterocycles. The Bertz CT molecular complexity index is 206. The van der Waals surface area contributed by atoms with Crippen LogP contribution in [0.1, 0.15) is 26.7 Å². The van der Waals surface area contributed by atoms with Gasteiger partial charge in [0.05, 0.1) is 0 Å². The predicted octanol–water partition coefficient (Wildman–Crippen LogP) is 0.271. The number of carbonyl (C=O) groups is 1. The molecule has 1 aliphatic rings. The molecular weight excluding hydrogens is 168 g/mol. The van der Waals surface area contributed by atoms with Gasteiger partial charge in [-0.15, -0.1) is 0 Å². The van der Waals surface area contributed by atoms with Crippen molar-refractivity contribution in [3.63, 3.8) is 0 Å². The molecule has 0 aromatic heterocycles. The fourth-order valence-electron chi connectivity index (χ4n) is 2.03. The highest BCUT2D eigenvalue weighted by Crippen LogP contribution is 2.28. The fourth-order valence-corrected chi connectivity index (χ4v) is 2.03. The lowest BCUT2D eigenvalue weighted by Crippen LogP contribution is -2.60. The van der Waals surface area contributed by atoms with E-state index in [2.05, 4.69) is 4.90 Å². The van der Waals surface area contributed by atoms with Gasteiger partial charge in [-0.25, -0.2) is 0 Å². The molecular formula is C9H18N2O2. The molecule has 1 rings (SSSR count). The molecule has 0 radical (unpaired) electrons. The van der Waals surface area contributed by atoms with E-state index in [4.69, 9.17) is 10.8 Å². The van der Waals surface area contributed by atoms with Gasteiger partial charge in [0.2, 0.25) is 0 Å². The van der Waals surface area contributed by atoms with E-state index in [1.165, 1.54) is 0 Å². The third-order valence-electron chi connectivity index (χ3n) is 3.14. The van der Waals surface area contributed by atoms with Crippen molar-refractivity contribution < 1.29 is 9.90 Å². The van der Waals surface area contributed by atoms with E-state index in [1.54, 1.807) is 0 Å². The van der Waals surface area contributed by atoms with Crippen LogP contribution in [0.3, 0.4) is 0 Å². The second-order valence-electron chi connectivity index (χ2n) is 4.23. The number of carboxylic acid groups (broad SMARTS) is 1. The van der Waals surface area contributed by atoms with Gasteiger partial charge in [-0.3, -0.25) is 4.79 Å². The highest BCUT2D eigenvalue weighted by atomic mass is 16.4. The number of aliphatic carboxylic acids is 1. The van der Waals surface area contributed by atoms with Gasteiger partial charge < -0.3 is 15.7 Å². The normalized spacial score (nSPS) is 41.8. The van der Waals surface area contributed by atoms with E-state index in [0.29, 0.717) is 12.8 Å². The third-order valence-corrected chi connectivity index (χ3v) is 3.14. The van der Waals surface area contributed by atoms with Gasteiger partial charge >= 0.3 is 5.97 Å². The molecule has 1 fully saturated rings. The summed E-state index contributed by atoms with van der Waals surface area (Å²) in [6, 6.07) is 0.481. The summed E-state index contributed by atoms with van der Waals surface area (Å²) in [5.74, 6) is -0.876. The Morgan fingerprint density at radius 1 is 1.46 bits per heavy atom. The Labute approximate surface area is 78.7 Å². The quantitative estimate of drug-likeness (QED) is 0.617. The molecule has 4 nitrogen and oxygen atoms in total. The van der Waals surface area contributed by atoms with E-state index in [-0.39, 0.29) is 12.1 Å². The molecule has 0 aliphatic carbocycles. The van der Waals surface area contributed by atoms with Crippen LogP contribution in [0.25, 0.3) is 0 Å². The van der Waals surface area contributed by atoms with E-state index in [0.717, 1.165) is 0 Å². The first-order chi connectivity index (χ1) is 5.87. The predicted molar refractivity (Wildman–Crippen MR) is 50.5 cm³/mol. The van der Waals surface area contributed by atoms with Gasteiger partial charge in [-0.05, 0) is 33.7 Å². The summed E-state index contributed by atoms with van der Waals surface area (Å²) in [5, 5.41) is 8.98.